The van der Waals surface area contributed by atoms with E-state index in [2.05, 4.69) is 0 Å². The number of sulfonamides is 1. The maximum atomic E-state index is 13.5. The zero-order valence-corrected chi connectivity index (χ0v) is 18.9. The molecule has 0 N–H and O–H groups in total. The number of esters is 2. The average Bonchev–Trinajstić information content (AvgIpc) is 2.74. The van der Waals surface area contributed by atoms with Crippen molar-refractivity contribution in [2.45, 2.75) is 38.5 Å². The van der Waals surface area contributed by atoms with Gasteiger partial charge in [0, 0.05) is 6.20 Å². The van der Waals surface area contributed by atoms with E-state index >= 15 is 0 Å². The molecule has 0 saturated carbocycles. The first-order chi connectivity index (χ1) is 14.5. The maximum absolute atomic E-state index is 13.5. The third kappa shape index (κ3) is 3.46. The third-order valence-corrected chi connectivity index (χ3v) is 7.82. The van der Waals surface area contributed by atoms with Crippen LogP contribution in [0.3, 0.4) is 0 Å². The molecule has 31 heavy (non-hydrogen) atoms. The van der Waals surface area contributed by atoms with Crippen LogP contribution in [0.5, 0.6) is 0 Å². The van der Waals surface area contributed by atoms with Crippen LogP contribution in [0.2, 0.25) is 0 Å². The van der Waals surface area contributed by atoms with E-state index in [0.29, 0.717) is 4.31 Å². The molecule has 0 saturated heterocycles. The number of ether oxygens (including phenoxy) is 2. The van der Waals surface area contributed by atoms with Gasteiger partial charge in [0.1, 0.15) is 5.41 Å². The standard InChI is InChI=1S/C22H25NO7S/c1-13-6-8-16(9-7-13)31(27,28)23-12-18(20(25)29-4)22(21(26)30-5)11-15(3)14(2)10-17(22)19(23)24/h6-9,12,17H,10-11H2,1-5H3/t17-,22+/m0/s1. The van der Waals surface area contributed by atoms with Gasteiger partial charge in [0.15, 0.2) is 0 Å². The number of amides is 1. The lowest BCUT2D eigenvalue weighted by Crippen LogP contribution is -2.56. The Bertz CT molecular complexity index is 1120. The summed E-state index contributed by atoms with van der Waals surface area (Å²) < 4.78 is 37.0. The van der Waals surface area contributed by atoms with Crippen LogP contribution in [0, 0.1) is 18.3 Å². The smallest absolute Gasteiger partial charge is 0.336 e. The minimum atomic E-state index is -4.31. The first-order valence-electron chi connectivity index (χ1n) is 9.70. The highest BCUT2D eigenvalue weighted by Crippen LogP contribution is 2.53. The molecule has 0 aromatic heterocycles. The molecule has 8 nitrogen and oxygen atoms in total. The fourth-order valence-corrected chi connectivity index (χ4v) is 5.56. The van der Waals surface area contributed by atoms with E-state index in [9.17, 15) is 22.8 Å². The average molecular weight is 448 g/mol. The van der Waals surface area contributed by atoms with E-state index in [-0.39, 0.29) is 23.3 Å². The molecule has 9 heteroatoms. The third-order valence-electron chi connectivity index (χ3n) is 6.15. The van der Waals surface area contributed by atoms with Crippen LogP contribution in [-0.2, 0) is 33.9 Å². The number of carbonyl (C=O) groups is 3. The van der Waals surface area contributed by atoms with Crippen LogP contribution in [0.1, 0.15) is 32.3 Å². The fraction of sp³-hybridized carbons (Fsp3) is 0.409. The molecule has 1 aromatic rings. The first-order valence-corrected chi connectivity index (χ1v) is 11.1. The summed E-state index contributed by atoms with van der Waals surface area (Å²) in [7, 11) is -2.01. The molecule has 2 aliphatic rings. The summed E-state index contributed by atoms with van der Waals surface area (Å²) in [6.45, 7) is 5.44. The van der Waals surface area contributed by atoms with Gasteiger partial charge in [-0.1, -0.05) is 28.8 Å². The Balaban J connectivity index is 2.28. The second kappa shape index (κ2) is 7.96. The van der Waals surface area contributed by atoms with Crippen molar-refractivity contribution >= 4 is 27.9 Å². The van der Waals surface area contributed by atoms with Gasteiger partial charge in [-0.3, -0.25) is 9.59 Å². The Morgan fingerprint density at radius 2 is 1.65 bits per heavy atom. The zero-order valence-electron chi connectivity index (χ0n) is 18.1. The molecule has 1 aromatic carbocycles. The number of rotatable bonds is 4. The van der Waals surface area contributed by atoms with Crippen molar-refractivity contribution in [2.75, 3.05) is 14.2 Å². The second-order valence-electron chi connectivity index (χ2n) is 7.94. The topological polar surface area (TPSA) is 107 Å². The molecular weight excluding hydrogens is 422 g/mol. The van der Waals surface area contributed by atoms with E-state index in [1.165, 1.54) is 19.2 Å². The van der Waals surface area contributed by atoms with Crippen molar-refractivity contribution in [1.29, 1.82) is 0 Å². The molecule has 1 aliphatic heterocycles. The van der Waals surface area contributed by atoms with Crippen molar-refractivity contribution in [2.24, 2.45) is 11.3 Å². The number of aryl methyl sites for hydroxylation is 1. The monoisotopic (exact) mass is 447 g/mol. The lowest BCUT2D eigenvalue weighted by Gasteiger charge is -2.46. The van der Waals surface area contributed by atoms with Crippen LogP contribution in [0.25, 0.3) is 0 Å². The van der Waals surface area contributed by atoms with Gasteiger partial charge in [-0.25, -0.2) is 17.5 Å². The lowest BCUT2D eigenvalue weighted by molar-refractivity contribution is -0.162. The van der Waals surface area contributed by atoms with Crippen LogP contribution >= 0.6 is 0 Å². The molecule has 0 spiro atoms. The normalized spacial score (nSPS) is 23.8. The lowest BCUT2D eigenvalue weighted by atomic mass is 9.59. The molecule has 0 fully saturated rings. The second-order valence-corrected chi connectivity index (χ2v) is 9.76. The highest BCUT2D eigenvalue weighted by molar-refractivity contribution is 7.89. The Labute approximate surface area is 181 Å². The number of hydrogen-bond acceptors (Lipinski definition) is 7. The van der Waals surface area contributed by atoms with Crippen molar-refractivity contribution < 1.29 is 32.3 Å². The van der Waals surface area contributed by atoms with E-state index < -0.39 is 39.2 Å². The minimum Gasteiger partial charge on any atom is -0.468 e. The first kappa shape index (κ1) is 22.7. The van der Waals surface area contributed by atoms with E-state index in [1.54, 1.807) is 12.1 Å². The Morgan fingerprint density at radius 3 is 2.19 bits per heavy atom. The summed E-state index contributed by atoms with van der Waals surface area (Å²) in [6.07, 6.45) is 1.10. The quantitative estimate of drug-likeness (QED) is 0.515. The summed E-state index contributed by atoms with van der Waals surface area (Å²) in [4.78, 5) is 39.2. The van der Waals surface area contributed by atoms with Gasteiger partial charge in [-0.15, -0.1) is 0 Å². The fourth-order valence-electron chi connectivity index (χ4n) is 4.24. The molecule has 166 valence electrons. The van der Waals surface area contributed by atoms with Gasteiger partial charge in [0.25, 0.3) is 10.0 Å². The molecule has 0 unspecified atom stereocenters. The molecule has 2 atom stereocenters. The number of carbonyl (C=O) groups excluding carboxylic acids is 3. The van der Waals surface area contributed by atoms with E-state index in [0.717, 1.165) is 30.0 Å². The minimum absolute atomic E-state index is 0.0568. The summed E-state index contributed by atoms with van der Waals surface area (Å²) in [5, 5.41) is 0. The highest BCUT2D eigenvalue weighted by atomic mass is 32.2. The molecule has 0 radical (unpaired) electrons. The number of fused-ring (bicyclic) bond motifs is 1. The van der Waals surface area contributed by atoms with Crippen LogP contribution < -0.4 is 0 Å². The van der Waals surface area contributed by atoms with E-state index in [4.69, 9.17) is 9.47 Å². The van der Waals surface area contributed by atoms with Crippen LogP contribution in [-0.4, -0.2) is 44.8 Å². The van der Waals surface area contributed by atoms with E-state index in [1.807, 2.05) is 20.8 Å². The van der Waals surface area contributed by atoms with Gasteiger partial charge >= 0.3 is 11.9 Å². The van der Waals surface area contributed by atoms with Gasteiger partial charge in [0.2, 0.25) is 5.91 Å². The van der Waals surface area contributed by atoms with Gasteiger partial charge in [-0.05, 0) is 45.7 Å². The molecular formula is C22H25NO7S. The number of benzene rings is 1. The molecule has 0 bridgehead atoms. The Hall–Kier alpha value is -2.94. The van der Waals surface area contributed by atoms with Gasteiger partial charge < -0.3 is 9.47 Å². The number of nitrogens with zero attached hydrogens (tertiary/aromatic N) is 1. The SMILES string of the molecule is COC(=O)C1=CN(S(=O)(=O)c2ccc(C)cc2)C(=O)[C@@H]2CC(C)=C(C)C[C@]12C(=O)OC. The largest absolute Gasteiger partial charge is 0.468 e. The molecule has 1 aliphatic carbocycles. The summed E-state index contributed by atoms with van der Waals surface area (Å²) in [5.41, 5.74) is 0.676. The predicted octanol–water partition coefficient (Wildman–Crippen LogP) is 2.49. The molecule has 3 rings (SSSR count). The van der Waals surface area contributed by atoms with Crippen molar-refractivity contribution in [3.63, 3.8) is 0 Å². The van der Waals surface area contributed by atoms with Crippen molar-refractivity contribution in [3.05, 3.63) is 52.7 Å². The summed E-state index contributed by atoms with van der Waals surface area (Å²) in [6, 6.07) is 6.01. The highest BCUT2D eigenvalue weighted by Gasteiger charge is 2.61. The Morgan fingerprint density at radius 1 is 1.03 bits per heavy atom. The summed E-state index contributed by atoms with van der Waals surface area (Å²) in [5.74, 6) is -3.57. The van der Waals surface area contributed by atoms with Crippen LogP contribution in [0.4, 0.5) is 0 Å². The Kier molecular flexibility index (Phi) is 5.84. The number of allylic oxidation sites excluding steroid dienone is 2. The van der Waals surface area contributed by atoms with Crippen molar-refractivity contribution in [3.8, 4) is 0 Å². The maximum Gasteiger partial charge on any atom is 0.336 e. The van der Waals surface area contributed by atoms with Gasteiger partial charge in [-0.2, -0.15) is 0 Å². The molecule has 1 heterocycles. The van der Waals surface area contributed by atoms with Crippen LogP contribution in [0.15, 0.2) is 52.1 Å². The molecule has 1 amide bonds. The number of hydrogen-bond donors (Lipinski definition) is 0. The predicted molar refractivity (Wildman–Crippen MR) is 111 cm³/mol. The summed E-state index contributed by atoms with van der Waals surface area (Å²) >= 11 is 0. The number of methoxy groups -OCH3 is 2. The van der Waals surface area contributed by atoms with Gasteiger partial charge in [0.05, 0.1) is 30.6 Å². The van der Waals surface area contributed by atoms with Crippen molar-refractivity contribution in [1.82, 2.24) is 4.31 Å². The zero-order chi connectivity index (χ0) is 23.1.